The fourth-order valence-electron chi connectivity index (χ4n) is 3.88. The molecule has 1 heterocycles. The summed E-state index contributed by atoms with van der Waals surface area (Å²) in [6.45, 7) is 5.93. The Balaban J connectivity index is 1.85. The summed E-state index contributed by atoms with van der Waals surface area (Å²) in [7, 11) is 0. The number of hydrogen-bond donors (Lipinski definition) is 2. The van der Waals surface area contributed by atoms with Crippen molar-refractivity contribution in [3.63, 3.8) is 0 Å². The quantitative estimate of drug-likeness (QED) is 0.181. The van der Waals surface area contributed by atoms with E-state index in [0.29, 0.717) is 12.5 Å². The van der Waals surface area contributed by atoms with Crippen LogP contribution in [0.5, 0.6) is 5.88 Å². The number of nitrogens with zero attached hydrogens (tertiary/aromatic N) is 2. The molecule has 31 heavy (non-hydrogen) atoms. The maximum Gasteiger partial charge on any atom is 0.225 e. The Hall–Kier alpha value is -1.52. The van der Waals surface area contributed by atoms with Gasteiger partial charge in [0.2, 0.25) is 11.8 Å². The van der Waals surface area contributed by atoms with Gasteiger partial charge in [0.15, 0.2) is 0 Å². The van der Waals surface area contributed by atoms with Crippen LogP contribution in [0.1, 0.15) is 129 Å². The third kappa shape index (κ3) is 16.8. The molecule has 3 N–H and O–H groups in total. The molecule has 1 rings (SSSR count). The summed E-state index contributed by atoms with van der Waals surface area (Å²) in [5.41, 5.74) is 5.76. The van der Waals surface area contributed by atoms with E-state index >= 15 is 0 Å². The van der Waals surface area contributed by atoms with Gasteiger partial charge in [0, 0.05) is 12.6 Å². The van der Waals surface area contributed by atoms with Gasteiger partial charge in [0.25, 0.3) is 0 Å². The van der Waals surface area contributed by atoms with E-state index in [1.165, 1.54) is 103 Å². The number of hydrogen-bond acceptors (Lipinski definition) is 5. The lowest BCUT2D eigenvalue weighted by Crippen LogP contribution is -2.07. The second-order valence-corrected chi connectivity index (χ2v) is 8.88. The van der Waals surface area contributed by atoms with E-state index in [9.17, 15) is 0 Å². The number of nitrogens with one attached hydrogen (secondary N) is 1. The van der Waals surface area contributed by atoms with Crippen LogP contribution < -0.4 is 15.8 Å². The number of nitrogen functional groups attached to an aromatic ring is 1. The highest BCUT2D eigenvalue weighted by Crippen LogP contribution is 2.16. The van der Waals surface area contributed by atoms with Crippen molar-refractivity contribution in [2.45, 2.75) is 129 Å². The van der Waals surface area contributed by atoms with Crippen LogP contribution in [0.2, 0.25) is 0 Å². The Morgan fingerprint density at radius 1 is 0.677 bits per heavy atom. The number of aromatic nitrogens is 2. The lowest BCUT2D eigenvalue weighted by atomic mass is 10.0. The summed E-state index contributed by atoms with van der Waals surface area (Å²) in [5.74, 6) is 1.58. The molecule has 0 bridgehead atoms. The van der Waals surface area contributed by atoms with E-state index in [1.807, 2.05) is 6.07 Å². The normalized spacial score (nSPS) is 11.0. The lowest BCUT2D eigenvalue weighted by Gasteiger charge is -2.09. The molecule has 0 saturated heterocycles. The molecule has 0 atom stereocenters. The van der Waals surface area contributed by atoms with Gasteiger partial charge in [-0.05, 0) is 12.8 Å². The first-order chi connectivity index (χ1) is 15.3. The minimum Gasteiger partial charge on any atom is -0.477 e. The molecule has 5 nitrogen and oxygen atoms in total. The van der Waals surface area contributed by atoms with E-state index < -0.39 is 0 Å². The topological polar surface area (TPSA) is 73.1 Å². The number of rotatable bonds is 22. The van der Waals surface area contributed by atoms with Crippen LogP contribution in [-0.4, -0.2) is 23.1 Å². The lowest BCUT2D eigenvalue weighted by molar-refractivity contribution is 0.305. The van der Waals surface area contributed by atoms with Gasteiger partial charge in [-0.15, -0.1) is 0 Å². The number of nitrogens with two attached hydrogens (primary N) is 1. The zero-order valence-electron chi connectivity index (χ0n) is 20.6. The monoisotopic (exact) mass is 434 g/mol. The molecule has 0 unspecified atom stereocenters. The fourth-order valence-corrected chi connectivity index (χ4v) is 3.88. The Labute approximate surface area is 192 Å². The molecule has 0 saturated carbocycles. The standard InChI is InChI=1S/C26H50N4O/c1-3-5-6-7-8-9-10-11-12-13-14-15-16-17-18-19-20-21-28-24-23-25(31-22-4-2)30-26(27)29-24/h23H,3-22H2,1-2H3,(H3,27,28,29,30). The Bertz CT molecular complexity index is 524. The number of anilines is 2. The highest BCUT2D eigenvalue weighted by molar-refractivity contribution is 5.42. The predicted octanol–water partition coefficient (Wildman–Crippen LogP) is 7.91. The first kappa shape index (κ1) is 27.5. The van der Waals surface area contributed by atoms with E-state index in [0.717, 1.165) is 25.2 Å². The average molecular weight is 435 g/mol. The molecule has 0 aliphatic heterocycles. The molecule has 0 fully saturated rings. The molecule has 0 aliphatic carbocycles. The number of unbranched alkanes of at least 4 members (excludes halogenated alkanes) is 16. The second-order valence-electron chi connectivity index (χ2n) is 8.88. The van der Waals surface area contributed by atoms with Crippen molar-refractivity contribution >= 4 is 11.8 Å². The molecule has 0 radical (unpaired) electrons. The molecular weight excluding hydrogens is 384 g/mol. The zero-order chi connectivity index (χ0) is 22.4. The van der Waals surface area contributed by atoms with Gasteiger partial charge in [-0.1, -0.05) is 117 Å². The number of ether oxygens (including phenoxy) is 1. The predicted molar refractivity (Wildman–Crippen MR) is 135 cm³/mol. The average Bonchev–Trinajstić information content (AvgIpc) is 2.76. The highest BCUT2D eigenvalue weighted by Gasteiger charge is 2.03. The van der Waals surface area contributed by atoms with Crippen LogP contribution in [0.4, 0.5) is 11.8 Å². The van der Waals surface area contributed by atoms with Crippen LogP contribution in [-0.2, 0) is 0 Å². The molecule has 0 aliphatic rings. The Morgan fingerprint density at radius 3 is 1.65 bits per heavy atom. The smallest absolute Gasteiger partial charge is 0.225 e. The zero-order valence-corrected chi connectivity index (χ0v) is 20.6. The van der Waals surface area contributed by atoms with Gasteiger partial charge < -0.3 is 15.8 Å². The van der Waals surface area contributed by atoms with Crippen molar-refractivity contribution in [1.82, 2.24) is 9.97 Å². The van der Waals surface area contributed by atoms with Crippen LogP contribution in [0, 0.1) is 0 Å². The fraction of sp³-hybridized carbons (Fsp3) is 0.846. The summed E-state index contributed by atoms with van der Waals surface area (Å²) >= 11 is 0. The van der Waals surface area contributed by atoms with Gasteiger partial charge in [-0.3, -0.25) is 0 Å². The van der Waals surface area contributed by atoms with E-state index in [1.54, 1.807) is 0 Å². The molecule has 0 spiro atoms. The molecular formula is C26H50N4O. The van der Waals surface area contributed by atoms with E-state index in [2.05, 4.69) is 29.1 Å². The van der Waals surface area contributed by atoms with Gasteiger partial charge in [0.1, 0.15) is 5.82 Å². The van der Waals surface area contributed by atoms with Crippen LogP contribution in [0.25, 0.3) is 0 Å². The van der Waals surface area contributed by atoms with Crippen molar-refractivity contribution in [2.24, 2.45) is 0 Å². The first-order valence-electron chi connectivity index (χ1n) is 13.3. The van der Waals surface area contributed by atoms with Crippen molar-refractivity contribution in [3.05, 3.63) is 6.07 Å². The summed E-state index contributed by atoms with van der Waals surface area (Å²) < 4.78 is 5.55. The third-order valence-corrected chi connectivity index (χ3v) is 5.76. The minimum absolute atomic E-state index is 0.263. The van der Waals surface area contributed by atoms with Gasteiger partial charge in [-0.2, -0.15) is 9.97 Å². The van der Waals surface area contributed by atoms with Crippen LogP contribution >= 0.6 is 0 Å². The van der Waals surface area contributed by atoms with Crippen molar-refractivity contribution < 1.29 is 4.74 Å². The third-order valence-electron chi connectivity index (χ3n) is 5.76. The largest absolute Gasteiger partial charge is 0.477 e. The summed E-state index contributed by atoms with van der Waals surface area (Å²) in [6.07, 6.45) is 24.7. The maximum absolute atomic E-state index is 5.76. The summed E-state index contributed by atoms with van der Waals surface area (Å²) in [5, 5.41) is 3.34. The second kappa shape index (κ2) is 20.4. The molecule has 180 valence electrons. The van der Waals surface area contributed by atoms with Gasteiger partial charge >= 0.3 is 0 Å². The van der Waals surface area contributed by atoms with Crippen molar-refractivity contribution in [2.75, 3.05) is 24.2 Å². The SMILES string of the molecule is CCCCCCCCCCCCCCCCCCCNc1cc(OCCC)nc(N)n1. The van der Waals surface area contributed by atoms with Gasteiger partial charge in [-0.25, -0.2) is 0 Å². The van der Waals surface area contributed by atoms with Crippen LogP contribution in [0.3, 0.4) is 0 Å². The summed E-state index contributed by atoms with van der Waals surface area (Å²) in [4.78, 5) is 8.34. The van der Waals surface area contributed by atoms with Crippen LogP contribution in [0.15, 0.2) is 6.07 Å². The Kier molecular flexibility index (Phi) is 18.1. The van der Waals surface area contributed by atoms with Gasteiger partial charge in [0.05, 0.1) is 6.61 Å². The van der Waals surface area contributed by atoms with Crippen molar-refractivity contribution in [3.8, 4) is 5.88 Å². The van der Waals surface area contributed by atoms with E-state index in [4.69, 9.17) is 10.5 Å². The maximum atomic E-state index is 5.76. The molecule has 5 heteroatoms. The molecule has 1 aromatic rings. The molecule has 1 aromatic heterocycles. The highest BCUT2D eigenvalue weighted by atomic mass is 16.5. The Morgan fingerprint density at radius 2 is 1.16 bits per heavy atom. The molecule has 0 amide bonds. The van der Waals surface area contributed by atoms with Crippen molar-refractivity contribution in [1.29, 1.82) is 0 Å². The first-order valence-corrected chi connectivity index (χ1v) is 13.3. The van der Waals surface area contributed by atoms with E-state index in [-0.39, 0.29) is 5.95 Å². The molecule has 0 aromatic carbocycles. The summed E-state index contributed by atoms with van der Waals surface area (Å²) in [6, 6.07) is 1.83. The minimum atomic E-state index is 0.263.